The first kappa shape index (κ1) is 19.0. The van der Waals surface area contributed by atoms with Gasteiger partial charge in [0.05, 0.1) is 0 Å². The first-order valence-corrected chi connectivity index (χ1v) is 9.19. The van der Waals surface area contributed by atoms with E-state index in [1.165, 1.54) is 6.42 Å². The van der Waals surface area contributed by atoms with Crippen molar-refractivity contribution in [3.63, 3.8) is 0 Å². The highest BCUT2D eigenvalue weighted by Crippen LogP contribution is 2.19. The van der Waals surface area contributed by atoms with Crippen molar-refractivity contribution in [3.8, 4) is 0 Å². The first-order valence-electron chi connectivity index (χ1n) is 9.19. The fourth-order valence-corrected chi connectivity index (χ4v) is 2.82. The van der Waals surface area contributed by atoms with E-state index in [-0.39, 0.29) is 11.9 Å². The van der Waals surface area contributed by atoms with Crippen LogP contribution in [-0.4, -0.2) is 11.9 Å². The Morgan fingerprint density at radius 2 is 1.52 bits per heavy atom. The Balaban J connectivity index is 2.13. The highest BCUT2D eigenvalue weighted by Gasteiger charge is 2.14. The van der Waals surface area contributed by atoms with E-state index in [0.717, 1.165) is 24.0 Å². The summed E-state index contributed by atoms with van der Waals surface area (Å²) in [5, 5.41) is 3.17. The Morgan fingerprint density at radius 1 is 0.920 bits per heavy atom. The summed E-state index contributed by atoms with van der Waals surface area (Å²) < 4.78 is 0. The second-order valence-corrected chi connectivity index (χ2v) is 7.03. The molecule has 0 aliphatic carbocycles. The van der Waals surface area contributed by atoms with Crippen LogP contribution < -0.4 is 5.32 Å². The van der Waals surface area contributed by atoms with Gasteiger partial charge in [-0.2, -0.15) is 0 Å². The molecule has 1 atom stereocenters. The molecule has 0 saturated heterocycles. The summed E-state index contributed by atoms with van der Waals surface area (Å²) in [4.78, 5) is 12.9. The zero-order chi connectivity index (χ0) is 18.1. The Kier molecular flexibility index (Phi) is 7.46. The van der Waals surface area contributed by atoms with Crippen molar-refractivity contribution in [2.24, 2.45) is 5.92 Å². The summed E-state index contributed by atoms with van der Waals surface area (Å²) in [5.74, 6) is 0.702. The van der Waals surface area contributed by atoms with Crippen LogP contribution in [0.1, 0.15) is 51.2 Å². The fourth-order valence-electron chi connectivity index (χ4n) is 2.82. The highest BCUT2D eigenvalue weighted by molar-refractivity contribution is 6.24. The van der Waals surface area contributed by atoms with E-state index in [1.54, 1.807) is 0 Å². The van der Waals surface area contributed by atoms with Crippen molar-refractivity contribution in [2.45, 2.75) is 46.1 Å². The first-order chi connectivity index (χ1) is 12.1. The zero-order valence-corrected chi connectivity index (χ0v) is 15.5. The number of amides is 1. The third kappa shape index (κ3) is 6.58. The third-order valence-corrected chi connectivity index (χ3v) is 4.24. The summed E-state index contributed by atoms with van der Waals surface area (Å²) in [6.07, 6.45) is 5.32. The molecule has 1 N–H and O–H groups in total. The van der Waals surface area contributed by atoms with Gasteiger partial charge >= 0.3 is 0 Å². The molecule has 2 aromatic rings. The molecule has 2 aromatic carbocycles. The van der Waals surface area contributed by atoms with Crippen LogP contribution in [0.3, 0.4) is 0 Å². The van der Waals surface area contributed by atoms with Crippen molar-refractivity contribution in [3.05, 3.63) is 71.8 Å². The molecule has 0 heterocycles. The van der Waals surface area contributed by atoms with Crippen LogP contribution in [-0.2, 0) is 4.79 Å². The Bertz CT molecular complexity index is 674. The predicted octanol–water partition coefficient (Wildman–Crippen LogP) is 5.56. The molecule has 0 aliphatic heterocycles. The minimum absolute atomic E-state index is 0.00731. The molecule has 1 amide bonds. The van der Waals surface area contributed by atoms with E-state index in [0.29, 0.717) is 11.5 Å². The Morgan fingerprint density at radius 3 is 2.12 bits per heavy atom. The van der Waals surface area contributed by atoms with Crippen molar-refractivity contribution in [2.75, 3.05) is 0 Å². The number of carbonyl (C=O) groups excluding carboxylic acids is 1. The van der Waals surface area contributed by atoms with Crippen LogP contribution in [0.2, 0.25) is 0 Å². The minimum Gasteiger partial charge on any atom is -0.350 e. The predicted molar refractivity (Wildman–Crippen MR) is 107 cm³/mol. The number of benzene rings is 2. The van der Waals surface area contributed by atoms with Gasteiger partial charge in [-0.3, -0.25) is 4.79 Å². The van der Waals surface area contributed by atoms with Crippen LogP contribution in [0.25, 0.3) is 11.6 Å². The van der Waals surface area contributed by atoms with Gasteiger partial charge in [0.25, 0.3) is 5.91 Å². The fraction of sp³-hybridized carbons (Fsp3) is 0.348. The molecule has 1 unspecified atom stereocenters. The largest absolute Gasteiger partial charge is 0.350 e. The van der Waals surface area contributed by atoms with Gasteiger partial charge in [0.15, 0.2) is 0 Å². The molecular weight excluding hydrogens is 306 g/mol. The lowest BCUT2D eigenvalue weighted by Crippen LogP contribution is -2.33. The van der Waals surface area contributed by atoms with Gasteiger partial charge in [-0.15, -0.1) is 0 Å². The zero-order valence-electron chi connectivity index (χ0n) is 15.5. The molecule has 0 saturated carbocycles. The molecular formula is C23H29NO. The van der Waals surface area contributed by atoms with Crippen LogP contribution >= 0.6 is 0 Å². The van der Waals surface area contributed by atoms with Gasteiger partial charge < -0.3 is 5.32 Å². The Hall–Kier alpha value is -2.35. The number of hydrogen-bond donors (Lipinski definition) is 1. The molecule has 2 nitrogen and oxygen atoms in total. The van der Waals surface area contributed by atoms with Crippen LogP contribution in [0.5, 0.6) is 0 Å². The molecule has 2 rings (SSSR count). The van der Waals surface area contributed by atoms with E-state index in [1.807, 2.05) is 66.7 Å². The van der Waals surface area contributed by atoms with Gasteiger partial charge in [0.2, 0.25) is 0 Å². The number of carbonyl (C=O) groups is 1. The number of hydrogen-bond acceptors (Lipinski definition) is 1. The molecule has 0 aromatic heterocycles. The van der Waals surface area contributed by atoms with Gasteiger partial charge in [-0.05, 0) is 36.5 Å². The smallest absolute Gasteiger partial charge is 0.252 e. The molecule has 132 valence electrons. The summed E-state index contributed by atoms with van der Waals surface area (Å²) in [5.41, 5.74) is 2.68. The van der Waals surface area contributed by atoms with E-state index in [4.69, 9.17) is 0 Å². The summed E-state index contributed by atoms with van der Waals surface area (Å²) in [7, 11) is 0. The van der Waals surface area contributed by atoms with Crippen LogP contribution in [0.4, 0.5) is 0 Å². The average molecular weight is 335 g/mol. The lowest BCUT2D eigenvalue weighted by Gasteiger charge is -2.16. The number of rotatable bonds is 8. The van der Waals surface area contributed by atoms with Crippen molar-refractivity contribution in [1.82, 2.24) is 5.32 Å². The lowest BCUT2D eigenvalue weighted by molar-refractivity contribution is -0.116. The summed E-state index contributed by atoms with van der Waals surface area (Å²) in [6.45, 7) is 6.56. The monoisotopic (exact) mass is 335 g/mol. The standard InChI is InChI=1S/C23H29NO/c1-18(2)11-10-12-19(3)24-23(25)22(21-15-8-5-9-16-21)17-20-13-6-4-7-14-20/h4-9,13-19H,10-12H2,1-3H3,(H,24,25). The molecule has 0 bridgehead atoms. The lowest BCUT2D eigenvalue weighted by atomic mass is 10.0. The second kappa shape index (κ2) is 9.83. The quantitative estimate of drug-likeness (QED) is 0.497. The SMILES string of the molecule is CC(C)CCCC(C)NC(=O)C(=Cc1ccccc1)c1ccccc1. The van der Waals surface area contributed by atoms with Gasteiger partial charge in [-0.1, -0.05) is 87.4 Å². The summed E-state index contributed by atoms with van der Waals surface area (Å²) in [6, 6.07) is 20.0. The van der Waals surface area contributed by atoms with Crippen molar-refractivity contribution in [1.29, 1.82) is 0 Å². The van der Waals surface area contributed by atoms with Crippen LogP contribution in [0, 0.1) is 5.92 Å². The second-order valence-electron chi connectivity index (χ2n) is 7.03. The maximum absolute atomic E-state index is 12.9. The molecule has 0 aliphatic rings. The molecule has 0 fully saturated rings. The van der Waals surface area contributed by atoms with Crippen molar-refractivity contribution < 1.29 is 4.79 Å². The van der Waals surface area contributed by atoms with E-state index in [2.05, 4.69) is 26.1 Å². The van der Waals surface area contributed by atoms with E-state index < -0.39 is 0 Å². The van der Waals surface area contributed by atoms with E-state index in [9.17, 15) is 4.79 Å². The van der Waals surface area contributed by atoms with Crippen molar-refractivity contribution >= 4 is 17.6 Å². The summed E-state index contributed by atoms with van der Waals surface area (Å²) >= 11 is 0. The molecule has 0 radical (unpaired) electrons. The van der Waals surface area contributed by atoms with Crippen LogP contribution in [0.15, 0.2) is 60.7 Å². The third-order valence-electron chi connectivity index (χ3n) is 4.24. The number of nitrogens with one attached hydrogen (secondary N) is 1. The molecule has 2 heteroatoms. The van der Waals surface area contributed by atoms with Gasteiger partial charge in [0, 0.05) is 11.6 Å². The van der Waals surface area contributed by atoms with E-state index >= 15 is 0 Å². The molecule has 0 spiro atoms. The maximum Gasteiger partial charge on any atom is 0.252 e. The van der Waals surface area contributed by atoms with Gasteiger partial charge in [-0.25, -0.2) is 0 Å². The average Bonchev–Trinajstić information content (AvgIpc) is 2.61. The Labute approximate surface area is 152 Å². The minimum atomic E-state index is -0.00731. The maximum atomic E-state index is 12.9. The highest BCUT2D eigenvalue weighted by atomic mass is 16.1. The normalized spacial score (nSPS) is 12.9. The topological polar surface area (TPSA) is 29.1 Å². The molecule has 25 heavy (non-hydrogen) atoms. The van der Waals surface area contributed by atoms with Gasteiger partial charge in [0.1, 0.15) is 0 Å².